The number of ether oxygens (including phenoxy) is 1. The molecule has 0 atom stereocenters. The molecule has 0 bridgehead atoms. The minimum absolute atomic E-state index is 0.228. The van der Waals surface area contributed by atoms with Gasteiger partial charge in [-0.3, -0.25) is 0 Å². The van der Waals surface area contributed by atoms with E-state index in [1.807, 2.05) is 6.92 Å². The van der Waals surface area contributed by atoms with E-state index < -0.39 is 10.0 Å². The Bertz CT molecular complexity index is 443. The number of rotatable bonds is 8. The summed E-state index contributed by atoms with van der Waals surface area (Å²) >= 11 is 0. The molecule has 0 fully saturated rings. The first kappa shape index (κ1) is 14.9. The summed E-state index contributed by atoms with van der Waals surface area (Å²) in [6.07, 6.45) is 1.63. The Hall–Kier alpha value is -1.11. The second-order valence-electron chi connectivity index (χ2n) is 3.93. The number of hydrogen-bond donors (Lipinski definition) is 2. The lowest BCUT2D eigenvalue weighted by molar-refractivity contribution is 0.133. The van der Waals surface area contributed by atoms with E-state index in [9.17, 15) is 8.42 Å². The van der Waals surface area contributed by atoms with E-state index in [-0.39, 0.29) is 4.90 Å². The van der Waals surface area contributed by atoms with E-state index in [1.54, 1.807) is 12.1 Å². The van der Waals surface area contributed by atoms with Gasteiger partial charge in [0.15, 0.2) is 0 Å². The van der Waals surface area contributed by atoms with Crippen molar-refractivity contribution in [3.8, 4) is 0 Å². The van der Waals surface area contributed by atoms with E-state index in [0.717, 1.165) is 6.42 Å². The number of nitrogens with one attached hydrogen (secondary N) is 1. The second-order valence-corrected chi connectivity index (χ2v) is 5.70. The van der Waals surface area contributed by atoms with E-state index in [0.29, 0.717) is 31.9 Å². The molecule has 0 aliphatic carbocycles. The molecule has 3 N–H and O–H groups in total. The molecule has 0 aliphatic heterocycles. The van der Waals surface area contributed by atoms with Crippen LogP contribution in [0, 0.1) is 0 Å². The smallest absolute Gasteiger partial charge is 0.240 e. The third-order valence-electron chi connectivity index (χ3n) is 2.30. The number of benzene rings is 1. The molecule has 0 aliphatic rings. The summed E-state index contributed by atoms with van der Waals surface area (Å²) in [5.74, 6) is 0. The SMILES string of the molecule is CCCOCCCNS(=O)(=O)c1ccc(N)cc1. The highest BCUT2D eigenvalue weighted by Crippen LogP contribution is 2.11. The summed E-state index contributed by atoms with van der Waals surface area (Å²) in [5, 5.41) is 0. The van der Waals surface area contributed by atoms with Crippen LogP contribution in [0.15, 0.2) is 29.2 Å². The van der Waals surface area contributed by atoms with Gasteiger partial charge in [0.05, 0.1) is 4.90 Å². The molecule has 6 heteroatoms. The fourth-order valence-electron chi connectivity index (χ4n) is 1.36. The van der Waals surface area contributed by atoms with Crippen LogP contribution in [0.5, 0.6) is 0 Å². The van der Waals surface area contributed by atoms with Gasteiger partial charge in [0, 0.05) is 25.4 Å². The van der Waals surface area contributed by atoms with Gasteiger partial charge in [0.1, 0.15) is 0 Å². The summed E-state index contributed by atoms with van der Waals surface area (Å²) in [5.41, 5.74) is 6.05. The van der Waals surface area contributed by atoms with Gasteiger partial charge in [-0.25, -0.2) is 13.1 Å². The second kappa shape index (κ2) is 7.35. The molecule has 0 spiro atoms. The van der Waals surface area contributed by atoms with Crippen LogP contribution >= 0.6 is 0 Å². The summed E-state index contributed by atoms with van der Waals surface area (Å²) in [7, 11) is -3.43. The number of nitrogen functional groups attached to an aromatic ring is 1. The van der Waals surface area contributed by atoms with Crippen LogP contribution in [0.25, 0.3) is 0 Å². The molecule has 0 radical (unpaired) electrons. The lowest BCUT2D eigenvalue weighted by atomic mass is 10.3. The minimum Gasteiger partial charge on any atom is -0.399 e. The Balaban J connectivity index is 2.38. The highest BCUT2D eigenvalue weighted by Gasteiger charge is 2.12. The zero-order valence-corrected chi connectivity index (χ0v) is 11.4. The van der Waals surface area contributed by atoms with E-state index >= 15 is 0 Å². The molecule has 0 saturated heterocycles. The third kappa shape index (κ3) is 5.03. The van der Waals surface area contributed by atoms with Crippen LogP contribution < -0.4 is 10.5 Å². The molecular formula is C12H20N2O3S. The molecule has 0 amide bonds. The van der Waals surface area contributed by atoms with Crippen LogP contribution in [0.1, 0.15) is 19.8 Å². The number of anilines is 1. The van der Waals surface area contributed by atoms with Gasteiger partial charge in [-0.05, 0) is 37.1 Å². The van der Waals surface area contributed by atoms with E-state index in [1.165, 1.54) is 12.1 Å². The van der Waals surface area contributed by atoms with Crippen molar-refractivity contribution in [1.29, 1.82) is 0 Å². The van der Waals surface area contributed by atoms with Crippen LogP contribution in [0.3, 0.4) is 0 Å². The van der Waals surface area contributed by atoms with Crippen molar-refractivity contribution in [2.24, 2.45) is 0 Å². The molecule has 0 heterocycles. The van der Waals surface area contributed by atoms with Crippen molar-refractivity contribution in [3.63, 3.8) is 0 Å². The topological polar surface area (TPSA) is 81.4 Å². The fraction of sp³-hybridized carbons (Fsp3) is 0.500. The maximum Gasteiger partial charge on any atom is 0.240 e. The quantitative estimate of drug-likeness (QED) is 0.553. The van der Waals surface area contributed by atoms with Crippen LogP contribution in [-0.4, -0.2) is 28.2 Å². The monoisotopic (exact) mass is 272 g/mol. The highest BCUT2D eigenvalue weighted by atomic mass is 32.2. The molecule has 5 nitrogen and oxygen atoms in total. The summed E-state index contributed by atoms with van der Waals surface area (Å²) in [4.78, 5) is 0.228. The van der Waals surface area contributed by atoms with Crippen molar-refractivity contribution in [1.82, 2.24) is 4.72 Å². The number of sulfonamides is 1. The van der Waals surface area contributed by atoms with Gasteiger partial charge in [0.25, 0.3) is 0 Å². The number of nitrogens with two attached hydrogens (primary N) is 1. The highest BCUT2D eigenvalue weighted by molar-refractivity contribution is 7.89. The average Bonchev–Trinajstić information content (AvgIpc) is 2.34. The van der Waals surface area contributed by atoms with Gasteiger partial charge < -0.3 is 10.5 Å². The van der Waals surface area contributed by atoms with Gasteiger partial charge in [0.2, 0.25) is 10.0 Å². The molecule has 1 aromatic carbocycles. The Morgan fingerprint density at radius 3 is 2.50 bits per heavy atom. The summed E-state index contributed by atoms with van der Waals surface area (Å²) < 4.78 is 31.5. The maximum atomic E-state index is 11.8. The lowest BCUT2D eigenvalue weighted by Gasteiger charge is -2.07. The molecule has 0 saturated carbocycles. The molecule has 0 aromatic heterocycles. The number of hydrogen-bond acceptors (Lipinski definition) is 4. The molecular weight excluding hydrogens is 252 g/mol. The van der Waals surface area contributed by atoms with Gasteiger partial charge in [-0.2, -0.15) is 0 Å². The van der Waals surface area contributed by atoms with Gasteiger partial charge in [-0.1, -0.05) is 6.92 Å². The molecule has 1 aromatic rings. The predicted octanol–water partition coefficient (Wildman–Crippen LogP) is 1.36. The van der Waals surface area contributed by atoms with E-state index in [4.69, 9.17) is 10.5 Å². The van der Waals surface area contributed by atoms with Crippen LogP contribution in [-0.2, 0) is 14.8 Å². The zero-order chi connectivity index (χ0) is 13.4. The van der Waals surface area contributed by atoms with Gasteiger partial charge in [-0.15, -0.1) is 0 Å². The summed E-state index contributed by atoms with van der Waals surface area (Å²) in [6.45, 7) is 3.68. The first-order valence-corrected chi connectivity index (χ1v) is 7.47. The minimum atomic E-state index is -3.43. The van der Waals surface area contributed by atoms with Crippen molar-refractivity contribution in [2.45, 2.75) is 24.7 Å². The lowest BCUT2D eigenvalue weighted by Crippen LogP contribution is -2.25. The predicted molar refractivity (Wildman–Crippen MR) is 71.8 cm³/mol. The van der Waals surface area contributed by atoms with E-state index in [2.05, 4.69) is 4.72 Å². The molecule has 0 unspecified atom stereocenters. The zero-order valence-electron chi connectivity index (χ0n) is 10.6. The standard InChI is InChI=1S/C12H20N2O3S/c1-2-9-17-10-3-8-14-18(15,16)12-6-4-11(13)5-7-12/h4-7,14H,2-3,8-10,13H2,1H3. The fourth-order valence-corrected chi connectivity index (χ4v) is 2.43. The third-order valence-corrected chi connectivity index (χ3v) is 3.77. The van der Waals surface area contributed by atoms with Gasteiger partial charge >= 0.3 is 0 Å². The van der Waals surface area contributed by atoms with Crippen LogP contribution in [0.4, 0.5) is 5.69 Å². The average molecular weight is 272 g/mol. The van der Waals surface area contributed by atoms with Crippen molar-refractivity contribution < 1.29 is 13.2 Å². The Kier molecular flexibility index (Phi) is 6.11. The largest absolute Gasteiger partial charge is 0.399 e. The molecule has 1 rings (SSSR count). The first-order chi connectivity index (χ1) is 8.56. The molecule has 18 heavy (non-hydrogen) atoms. The van der Waals surface area contributed by atoms with Crippen LogP contribution in [0.2, 0.25) is 0 Å². The molecule has 102 valence electrons. The van der Waals surface area contributed by atoms with Crippen molar-refractivity contribution >= 4 is 15.7 Å². The maximum absolute atomic E-state index is 11.8. The Labute approximate surface area is 108 Å². The summed E-state index contributed by atoms with van der Waals surface area (Å²) in [6, 6.07) is 6.12. The van der Waals surface area contributed by atoms with Crippen molar-refractivity contribution in [3.05, 3.63) is 24.3 Å². The van der Waals surface area contributed by atoms with Crippen molar-refractivity contribution in [2.75, 3.05) is 25.5 Å². The normalized spacial score (nSPS) is 11.6. The Morgan fingerprint density at radius 2 is 1.89 bits per heavy atom. The first-order valence-electron chi connectivity index (χ1n) is 5.99. The Morgan fingerprint density at radius 1 is 1.22 bits per heavy atom.